The summed E-state index contributed by atoms with van der Waals surface area (Å²) >= 11 is 0. The maximum atomic E-state index is 12.2. The van der Waals surface area contributed by atoms with Gasteiger partial charge in [0.15, 0.2) is 0 Å². The van der Waals surface area contributed by atoms with Crippen LogP contribution >= 0.6 is 0 Å². The quantitative estimate of drug-likeness (QED) is 0.638. The molecule has 0 atom stereocenters. The molecule has 8 heteroatoms. The Morgan fingerprint density at radius 2 is 2.05 bits per heavy atom. The number of aromatic amines is 1. The van der Waals surface area contributed by atoms with Crippen molar-refractivity contribution in [3.8, 4) is 0 Å². The first-order chi connectivity index (χ1) is 10.4. The number of primary amides is 1. The third kappa shape index (κ3) is 3.11. The fourth-order valence-electron chi connectivity index (χ4n) is 2.02. The van der Waals surface area contributed by atoms with E-state index in [4.69, 9.17) is 5.73 Å². The molecule has 0 radical (unpaired) electrons. The summed E-state index contributed by atoms with van der Waals surface area (Å²) in [5, 5.41) is 11.0. The van der Waals surface area contributed by atoms with Gasteiger partial charge in [-0.2, -0.15) is 0 Å². The molecule has 1 aromatic carbocycles. The van der Waals surface area contributed by atoms with Crippen LogP contribution in [0.25, 0.3) is 0 Å². The molecule has 0 unspecified atom stereocenters. The van der Waals surface area contributed by atoms with Crippen LogP contribution in [0.5, 0.6) is 0 Å². The van der Waals surface area contributed by atoms with Crippen LogP contribution < -0.4 is 5.73 Å². The third-order valence-corrected chi connectivity index (χ3v) is 3.14. The summed E-state index contributed by atoms with van der Waals surface area (Å²) in [6.45, 7) is 0.0703. The number of hydrogen-bond acceptors (Lipinski definition) is 4. The normalized spacial score (nSPS) is 10.2. The van der Waals surface area contributed by atoms with Gasteiger partial charge in [0.05, 0.1) is 17.0 Å². The molecule has 8 nitrogen and oxygen atoms in total. The number of nitro benzene ring substituents is 1. The lowest BCUT2D eigenvalue weighted by atomic mass is 10.1. The Hall–Kier alpha value is -3.16. The minimum absolute atomic E-state index is 0.0496. The van der Waals surface area contributed by atoms with E-state index in [2.05, 4.69) is 4.98 Å². The van der Waals surface area contributed by atoms with Crippen molar-refractivity contribution in [2.75, 3.05) is 7.05 Å². The van der Waals surface area contributed by atoms with E-state index in [9.17, 15) is 19.7 Å². The standard InChI is InChI=1S/C14H14N4O4/c1-17(8-9-4-2-3-5-12(9)18(21)22)14(20)11-6-10(7-16-11)13(15)19/h2-7,16H,8H2,1H3,(H2,15,19). The van der Waals surface area contributed by atoms with Crippen LogP contribution in [-0.4, -0.2) is 33.7 Å². The Labute approximate surface area is 125 Å². The van der Waals surface area contributed by atoms with E-state index in [1.165, 1.54) is 30.3 Å². The number of rotatable bonds is 5. The number of nitrogens with zero attached hydrogens (tertiary/aromatic N) is 2. The number of hydrogen-bond donors (Lipinski definition) is 2. The summed E-state index contributed by atoms with van der Waals surface area (Å²) in [7, 11) is 1.52. The number of amides is 2. The van der Waals surface area contributed by atoms with E-state index in [1.54, 1.807) is 18.2 Å². The molecule has 0 fully saturated rings. The van der Waals surface area contributed by atoms with Crippen LogP contribution in [0.15, 0.2) is 36.5 Å². The molecule has 0 spiro atoms. The van der Waals surface area contributed by atoms with Crippen molar-refractivity contribution in [3.63, 3.8) is 0 Å². The molecule has 2 amide bonds. The van der Waals surface area contributed by atoms with E-state index in [1.807, 2.05) is 0 Å². The average molecular weight is 302 g/mol. The molecule has 2 rings (SSSR count). The molecule has 0 aliphatic rings. The van der Waals surface area contributed by atoms with Crippen molar-refractivity contribution in [1.82, 2.24) is 9.88 Å². The molecule has 0 aliphatic carbocycles. The van der Waals surface area contributed by atoms with Crippen LogP contribution in [-0.2, 0) is 6.54 Å². The average Bonchev–Trinajstić information content (AvgIpc) is 2.96. The topological polar surface area (TPSA) is 122 Å². The Kier molecular flexibility index (Phi) is 4.21. The largest absolute Gasteiger partial charge is 0.366 e. The Morgan fingerprint density at radius 3 is 2.64 bits per heavy atom. The summed E-state index contributed by atoms with van der Waals surface area (Å²) in [6.07, 6.45) is 1.34. The van der Waals surface area contributed by atoms with Crippen molar-refractivity contribution < 1.29 is 14.5 Å². The highest BCUT2D eigenvalue weighted by Crippen LogP contribution is 2.19. The van der Waals surface area contributed by atoms with Crippen LogP contribution in [0.1, 0.15) is 26.4 Å². The van der Waals surface area contributed by atoms with E-state index in [-0.39, 0.29) is 23.5 Å². The molecule has 0 bridgehead atoms. The van der Waals surface area contributed by atoms with E-state index in [0.717, 1.165) is 0 Å². The van der Waals surface area contributed by atoms with Gasteiger partial charge in [0, 0.05) is 24.9 Å². The number of benzene rings is 1. The van der Waals surface area contributed by atoms with Crippen molar-refractivity contribution in [1.29, 1.82) is 0 Å². The second-order valence-corrected chi connectivity index (χ2v) is 4.71. The predicted molar refractivity (Wildman–Crippen MR) is 78.2 cm³/mol. The molecular weight excluding hydrogens is 288 g/mol. The number of aromatic nitrogens is 1. The molecule has 1 aromatic heterocycles. The maximum absolute atomic E-state index is 12.2. The van der Waals surface area contributed by atoms with E-state index >= 15 is 0 Å². The van der Waals surface area contributed by atoms with Gasteiger partial charge < -0.3 is 15.6 Å². The highest BCUT2D eigenvalue weighted by molar-refractivity contribution is 5.98. The Bertz CT molecular complexity index is 738. The number of nitrogens with two attached hydrogens (primary N) is 1. The molecule has 3 N–H and O–H groups in total. The van der Waals surface area contributed by atoms with Gasteiger partial charge in [0.25, 0.3) is 11.6 Å². The summed E-state index contributed by atoms with van der Waals surface area (Å²) < 4.78 is 0. The fourth-order valence-corrected chi connectivity index (χ4v) is 2.02. The van der Waals surface area contributed by atoms with E-state index in [0.29, 0.717) is 5.56 Å². The number of para-hydroxylation sites is 1. The maximum Gasteiger partial charge on any atom is 0.274 e. The number of H-pyrrole nitrogens is 1. The van der Waals surface area contributed by atoms with Crippen molar-refractivity contribution in [2.45, 2.75) is 6.54 Å². The minimum atomic E-state index is -0.642. The van der Waals surface area contributed by atoms with E-state index < -0.39 is 16.7 Å². The molecule has 22 heavy (non-hydrogen) atoms. The van der Waals surface area contributed by atoms with Gasteiger partial charge >= 0.3 is 0 Å². The van der Waals surface area contributed by atoms with Crippen molar-refractivity contribution in [2.24, 2.45) is 5.73 Å². The predicted octanol–water partition coefficient (Wildman–Crippen LogP) is 1.29. The van der Waals surface area contributed by atoms with Gasteiger partial charge in [-0.1, -0.05) is 18.2 Å². The first-order valence-electron chi connectivity index (χ1n) is 6.36. The van der Waals surface area contributed by atoms with Crippen LogP contribution in [0.2, 0.25) is 0 Å². The second-order valence-electron chi connectivity index (χ2n) is 4.71. The molecule has 2 aromatic rings. The van der Waals surface area contributed by atoms with Crippen LogP contribution in [0.3, 0.4) is 0 Å². The molecule has 0 saturated heterocycles. The van der Waals surface area contributed by atoms with Gasteiger partial charge in [0.2, 0.25) is 5.91 Å². The first kappa shape index (κ1) is 15.2. The third-order valence-electron chi connectivity index (χ3n) is 3.14. The zero-order valence-corrected chi connectivity index (χ0v) is 11.8. The zero-order valence-electron chi connectivity index (χ0n) is 11.8. The molecule has 114 valence electrons. The summed E-state index contributed by atoms with van der Waals surface area (Å²) in [5.41, 5.74) is 5.88. The molecule has 0 aliphatic heterocycles. The Morgan fingerprint density at radius 1 is 1.36 bits per heavy atom. The lowest BCUT2D eigenvalue weighted by Crippen LogP contribution is -2.26. The first-order valence-corrected chi connectivity index (χ1v) is 6.36. The molecule has 0 saturated carbocycles. The fraction of sp³-hybridized carbons (Fsp3) is 0.143. The summed E-state index contributed by atoms with van der Waals surface area (Å²) in [6, 6.07) is 7.55. The van der Waals surface area contributed by atoms with Gasteiger partial charge in [0.1, 0.15) is 5.69 Å². The van der Waals surface area contributed by atoms with Crippen molar-refractivity contribution in [3.05, 3.63) is 63.5 Å². The highest BCUT2D eigenvalue weighted by atomic mass is 16.6. The Balaban J connectivity index is 2.18. The second kappa shape index (κ2) is 6.08. The van der Waals surface area contributed by atoms with Gasteiger partial charge in [-0.15, -0.1) is 0 Å². The summed E-state index contributed by atoms with van der Waals surface area (Å²) in [4.78, 5) is 37.7. The molecule has 1 heterocycles. The van der Waals surface area contributed by atoms with Crippen molar-refractivity contribution >= 4 is 17.5 Å². The van der Waals surface area contributed by atoms with Gasteiger partial charge in [-0.3, -0.25) is 19.7 Å². The molecular formula is C14H14N4O4. The number of carbonyl (C=O) groups excluding carboxylic acids is 2. The lowest BCUT2D eigenvalue weighted by molar-refractivity contribution is -0.385. The number of nitro groups is 1. The van der Waals surface area contributed by atoms with Crippen LogP contribution in [0.4, 0.5) is 5.69 Å². The summed E-state index contributed by atoms with van der Waals surface area (Å²) in [5.74, 6) is -1.04. The smallest absolute Gasteiger partial charge is 0.274 e. The highest BCUT2D eigenvalue weighted by Gasteiger charge is 2.19. The SMILES string of the molecule is CN(Cc1ccccc1[N+](=O)[O-])C(=O)c1cc(C(N)=O)c[nH]1. The van der Waals surface area contributed by atoms with Gasteiger partial charge in [-0.05, 0) is 6.07 Å². The van der Waals surface area contributed by atoms with Gasteiger partial charge in [-0.25, -0.2) is 0 Å². The minimum Gasteiger partial charge on any atom is -0.366 e. The van der Waals surface area contributed by atoms with Crippen LogP contribution in [0, 0.1) is 10.1 Å². The lowest BCUT2D eigenvalue weighted by Gasteiger charge is -2.16. The number of nitrogens with one attached hydrogen (secondary N) is 1. The monoisotopic (exact) mass is 302 g/mol. The number of carbonyl (C=O) groups is 2. The zero-order chi connectivity index (χ0) is 16.3.